The second kappa shape index (κ2) is 5.25. The van der Waals surface area contributed by atoms with Crippen LogP contribution in [0.2, 0.25) is 0 Å². The van der Waals surface area contributed by atoms with Crippen molar-refractivity contribution in [3.05, 3.63) is 48.3 Å². The summed E-state index contributed by atoms with van der Waals surface area (Å²) < 4.78 is 1.75. The topological polar surface area (TPSA) is 64.2 Å². The second-order valence-electron chi connectivity index (χ2n) is 6.38. The molecule has 3 unspecified atom stereocenters. The average molecular weight is 296 g/mol. The SMILES string of the molecule is NC1CCC2CN(C(=O)c3cnn(-c4ccccc4)c3)CC12. The highest BCUT2D eigenvalue weighted by Gasteiger charge is 2.42. The summed E-state index contributed by atoms with van der Waals surface area (Å²) in [6.07, 6.45) is 5.72. The number of likely N-dealkylation sites (tertiary alicyclic amines) is 1. The maximum atomic E-state index is 12.7. The fourth-order valence-electron chi connectivity index (χ4n) is 3.81. The van der Waals surface area contributed by atoms with Gasteiger partial charge in [-0.3, -0.25) is 4.79 Å². The summed E-state index contributed by atoms with van der Waals surface area (Å²) in [5.74, 6) is 1.14. The van der Waals surface area contributed by atoms with Gasteiger partial charge < -0.3 is 10.6 Å². The van der Waals surface area contributed by atoms with E-state index in [1.165, 1.54) is 0 Å². The molecule has 1 aromatic heterocycles. The van der Waals surface area contributed by atoms with Gasteiger partial charge in [-0.05, 0) is 36.8 Å². The van der Waals surface area contributed by atoms with Crippen LogP contribution >= 0.6 is 0 Å². The van der Waals surface area contributed by atoms with E-state index >= 15 is 0 Å². The van der Waals surface area contributed by atoms with E-state index in [1.807, 2.05) is 41.4 Å². The first-order valence-corrected chi connectivity index (χ1v) is 7.87. The Morgan fingerprint density at radius 3 is 2.77 bits per heavy atom. The second-order valence-corrected chi connectivity index (χ2v) is 6.38. The molecule has 2 heterocycles. The van der Waals surface area contributed by atoms with Gasteiger partial charge in [-0.25, -0.2) is 4.68 Å². The molecule has 3 atom stereocenters. The summed E-state index contributed by atoms with van der Waals surface area (Å²) in [4.78, 5) is 14.6. The monoisotopic (exact) mass is 296 g/mol. The molecular weight excluding hydrogens is 276 g/mol. The van der Waals surface area contributed by atoms with Crippen LogP contribution in [0.1, 0.15) is 23.2 Å². The highest BCUT2D eigenvalue weighted by Crippen LogP contribution is 2.37. The van der Waals surface area contributed by atoms with E-state index in [1.54, 1.807) is 10.9 Å². The molecule has 22 heavy (non-hydrogen) atoms. The predicted octanol–water partition coefficient (Wildman–Crippen LogP) is 1.68. The van der Waals surface area contributed by atoms with Gasteiger partial charge in [-0.2, -0.15) is 5.10 Å². The summed E-state index contributed by atoms with van der Waals surface area (Å²) in [6, 6.07) is 10.1. The third kappa shape index (κ3) is 2.22. The lowest BCUT2D eigenvalue weighted by atomic mass is 9.98. The van der Waals surface area contributed by atoms with Crippen molar-refractivity contribution >= 4 is 5.91 Å². The van der Waals surface area contributed by atoms with Gasteiger partial charge in [0.25, 0.3) is 5.91 Å². The number of nitrogens with two attached hydrogens (primary N) is 1. The van der Waals surface area contributed by atoms with Crippen LogP contribution in [0.15, 0.2) is 42.7 Å². The first-order valence-electron chi connectivity index (χ1n) is 7.87. The van der Waals surface area contributed by atoms with Crippen LogP contribution < -0.4 is 5.73 Å². The lowest BCUT2D eigenvalue weighted by Gasteiger charge is -2.17. The minimum Gasteiger partial charge on any atom is -0.338 e. The van der Waals surface area contributed by atoms with Crippen molar-refractivity contribution in [2.24, 2.45) is 17.6 Å². The molecule has 114 valence electrons. The molecule has 2 fully saturated rings. The molecule has 0 radical (unpaired) electrons. The third-order valence-corrected chi connectivity index (χ3v) is 5.05. The minimum atomic E-state index is 0.0729. The molecule has 5 heteroatoms. The lowest BCUT2D eigenvalue weighted by Crippen LogP contribution is -2.33. The molecule has 1 saturated heterocycles. The van der Waals surface area contributed by atoms with E-state index in [0.717, 1.165) is 31.6 Å². The van der Waals surface area contributed by atoms with E-state index < -0.39 is 0 Å². The summed E-state index contributed by atoms with van der Waals surface area (Å²) >= 11 is 0. The number of carbonyl (C=O) groups is 1. The van der Waals surface area contributed by atoms with Crippen molar-refractivity contribution in [2.45, 2.75) is 18.9 Å². The Morgan fingerprint density at radius 2 is 2.00 bits per heavy atom. The molecule has 1 saturated carbocycles. The Morgan fingerprint density at radius 1 is 1.18 bits per heavy atom. The Labute approximate surface area is 129 Å². The van der Waals surface area contributed by atoms with Gasteiger partial charge in [0.2, 0.25) is 0 Å². The molecular formula is C17H20N4O. The van der Waals surface area contributed by atoms with Gasteiger partial charge in [0.05, 0.1) is 17.4 Å². The molecule has 5 nitrogen and oxygen atoms in total. The number of carbonyl (C=O) groups excluding carboxylic acids is 1. The number of nitrogens with zero attached hydrogens (tertiary/aromatic N) is 3. The van der Waals surface area contributed by atoms with Crippen molar-refractivity contribution in [1.82, 2.24) is 14.7 Å². The number of hydrogen-bond donors (Lipinski definition) is 1. The van der Waals surface area contributed by atoms with Crippen LogP contribution in [0.3, 0.4) is 0 Å². The van der Waals surface area contributed by atoms with Crippen LogP contribution in [-0.2, 0) is 0 Å². The Bertz CT molecular complexity index is 681. The highest BCUT2D eigenvalue weighted by atomic mass is 16.2. The van der Waals surface area contributed by atoms with Gasteiger partial charge in [-0.15, -0.1) is 0 Å². The molecule has 2 N–H and O–H groups in total. The molecule has 1 amide bonds. The normalized spacial score (nSPS) is 27.1. The van der Waals surface area contributed by atoms with Gasteiger partial charge >= 0.3 is 0 Å². The van der Waals surface area contributed by atoms with E-state index in [4.69, 9.17) is 5.73 Å². The van der Waals surface area contributed by atoms with Crippen LogP contribution in [0, 0.1) is 11.8 Å². The smallest absolute Gasteiger partial charge is 0.257 e. The number of para-hydroxylation sites is 1. The maximum Gasteiger partial charge on any atom is 0.257 e. The fraction of sp³-hybridized carbons (Fsp3) is 0.412. The van der Waals surface area contributed by atoms with Crippen molar-refractivity contribution < 1.29 is 4.79 Å². The summed E-state index contributed by atoms with van der Waals surface area (Å²) in [5, 5.41) is 4.31. The van der Waals surface area contributed by atoms with Crippen LogP contribution in [0.25, 0.3) is 5.69 Å². The number of amides is 1. The Kier molecular flexibility index (Phi) is 3.22. The molecule has 1 aliphatic carbocycles. The zero-order valence-electron chi connectivity index (χ0n) is 12.4. The molecule has 0 bridgehead atoms. The Balaban J connectivity index is 1.51. The van der Waals surface area contributed by atoms with Crippen molar-refractivity contribution in [3.8, 4) is 5.69 Å². The van der Waals surface area contributed by atoms with Gasteiger partial charge in [0.15, 0.2) is 0 Å². The quantitative estimate of drug-likeness (QED) is 0.917. The first-order chi connectivity index (χ1) is 10.7. The molecule has 1 aromatic carbocycles. The summed E-state index contributed by atoms with van der Waals surface area (Å²) in [5.41, 5.74) is 7.76. The van der Waals surface area contributed by atoms with Crippen molar-refractivity contribution in [1.29, 1.82) is 0 Å². The number of hydrogen-bond acceptors (Lipinski definition) is 3. The molecule has 0 spiro atoms. The van der Waals surface area contributed by atoms with Crippen molar-refractivity contribution in [3.63, 3.8) is 0 Å². The van der Waals surface area contributed by atoms with Gasteiger partial charge in [0.1, 0.15) is 0 Å². The molecule has 2 aliphatic rings. The maximum absolute atomic E-state index is 12.7. The van der Waals surface area contributed by atoms with Crippen LogP contribution in [0.4, 0.5) is 0 Å². The van der Waals surface area contributed by atoms with E-state index in [2.05, 4.69) is 5.10 Å². The lowest BCUT2D eigenvalue weighted by molar-refractivity contribution is 0.0779. The number of fused-ring (bicyclic) bond motifs is 1. The van der Waals surface area contributed by atoms with E-state index in [-0.39, 0.29) is 11.9 Å². The number of rotatable bonds is 2. The third-order valence-electron chi connectivity index (χ3n) is 5.05. The van der Waals surface area contributed by atoms with Gasteiger partial charge in [0, 0.05) is 25.3 Å². The van der Waals surface area contributed by atoms with Gasteiger partial charge in [-0.1, -0.05) is 18.2 Å². The van der Waals surface area contributed by atoms with Crippen LogP contribution in [0.5, 0.6) is 0 Å². The summed E-state index contributed by atoms with van der Waals surface area (Å²) in [7, 11) is 0. The largest absolute Gasteiger partial charge is 0.338 e. The number of aromatic nitrogens is 2. The molecule has 2 aromatic rings. The van der Waals surface area contributed by atoms with Crippen molar-refractivity contribution in [2.75, 3.05) is 13.1 Å². The highest BCUT2D eigenvalue weighted by molar-refractivity contribution is 5.94. The number of benzene rings is 1. The van der Waals surface area contributed by atoms with E-state index in [0.29, 0.717) is 17.4 Å². The molecule has 1 aliphatic heterocycles. The standard InChI is InChI=1S/C17H20N4O/c18-16-7-6-12-9-20(11-15(12)16)17(22)13-8-19-21(10-13)14-4-2-1-3-5-14/h1-5,8,10,12,15-16H,6-7,9,11,18H2. The average Bonchev–Trinajstić information content (AvgIpc) is 3.25. The zero-order chi connectivity index (χ0) is 15.1. The first kappa shape index (κ1) is 13.5. The fourth-order valence-corrected chi connectivity index (χ4v) is 3.81. The summed E-state index contributed by atoms with van der Waals surface area (Å²) in [6.45, 7) is 1.63. The molecule has 4 rings (SSSR count). The minimum absolute atomic E-state index is 0.0729. The Hall–Kier alpha value is -2.14. The van der Waals surface area contributed by atoms with E-state index in [9.17, 15) is 4.79 Å². The zero-order valence-corrected chi connectivity index (χ0v) is 12.4. The van der Waals surface area contributed by atoms with Crippen LogP contribution in [-0.4, -0.2) is 39.7 Å². The predicted molar refractivity (Wildman–Crippen MR) is 83.7 cm³/mol.